The lowest BCUT2D eigenvalue weighted by Crippen LogP contribution is -2.10. The summed E-state index contributed by atoms with van der Waals surface area (Å²) in [5.74, 6) is -1.69. The number of hydrogen-bond donors (Lipinski definition) is 0. The van der Waals surface area contributed by atoms with Crippen molar-refractivity contribution >= 4 is 17.9 Å². The van der Waals surface area contributed by atoms with E-state index in [0.29, 0.717) is 0 Å². The van der Waals surface area contributed by atoms with Crippen molar-refractivity contribution in [2.45, 2.75) is 6.61 Å². The zero-order valence-electron chi connectivity index (χ0n) is 12.1. The molecule has 2 aromatic rings. The smallest absolute Gasteiger partial charge is 0.387 e. The molecule has 2 aromatic carbocycles. The third-order valence-electron chi connectivity index (χ3n) is 3.15. The Kier molecular flexibility index (Phi) is 4.33. The quantitative estimate of drug-likeness (QED) is 0.632. The number of para-hydroxylation sites is 1. The van der Waals surface area contributed by atoms with Crippen molar-refractivity contribution in [2.24, 2.45) is 4.99 Å². The summed E-state index contributed by atoms with van der Waals surface area (Å²) in [6.07, 6.45) is 1.22. The molecule has 0 unspecified atom stereocenters. The number of halogens is 3. The summed E-state index contributed by atoms with van der Waals surface area (Å²) < 4.78 is 47.9. The van der Waals surface area contributed by atoms with Crippen LogP contribution >= 0.6 is 0 Å². The van der Waals surface area contributed by atoms with E-state index in [4.69, 9.17) is 4.74 Å². The Bertz CT molecular complexity index is 846. The number of benzene rings is 2. The first-order chi connectivity index (χ1) is 11.5. The van der Waals surface area contributed by atoms with Crippen LogP contribution in [0.15, 0.2) is 59.2 Å². The summed E-state index contributed by atoms with van der Waals surface area (Å²) in [7, 11) is 0. The molecule has 0 radical (unpaired) electrons. The van der Waals surface area contributed by atoms with E-state index in [0.717, 1.165) is 0 Å². The van der Waals surface area contributed by atoms with E-state index in [1.807, 2.05) is 0 Å². The van der Waals surface area contributed by atoms with Crippen LogP contribution in [0.3, 0.4) is 0 Å². The van der Waals surface area contributed by atoms with Gasteiger partial charge in [0.05, 0.1) is 5.56 Å². The van der Waals surface area contributed by atoms with Gasteiger partial charge < -0.3 is 9.47 Å². The van der Waals surface area contributed by atoms with Gasteiger partial charge in [-0.05, 0) is 24.3 Å². The van der Waals surface area contributed by atoms with E-state index in [1.54, 1.807) is 12.1 Å². The number of rotatable bonds is 4. The van der Waals surface area contributed by atoms with Gasteiger partial charge in [-0.1, -0.05) is 30.3 Å². The second kappa shape index (κ2) is 6.57. The topological polar surface area (TPSA) is 47.9 Å². The molecule has 1 aliphatic heterocycles. The van der Waals surface area contributed by atoms with Gasteiger partial charge in [0.25, 0.3) is 0 Å². The molecule has 0 atom stereocenters. The summed E-state index contributed by atoms with van der Waals surface area (Å²) in [6.45, 7) is -3.03. The Labute approximate surface area is 134 Å². The maximum Gasteiger partial charge on any atom is 0.387 e. The van der Waals surface area contributed by atoms with Gasteiger partial charge in [0, 0.05) is 5.56 Å². The molecule has 0 saturated heterocycles. The van der Waals surface area contributed by atoms with Gasteiger partial charge in [-0.25, -0.2) is 14.2 Å². The van der Waals surface area contributed by atoms with Gasteiger partial charge in [0.15, 0.2) is 5.70 Å². The molecule has 1 aliphatic rings. The number of ether oxygens (including phenoxy) is 2. The van der Waals surface area contributed by atoms with Gasteiger partial charge in [0.1, 0.15) is 11.6 Å². The molecular formula is C17H10F3NO3. The van der Waals surface area contributed by atoms with Crippen LogP contribution in [0, 0.1) is 5.82 Å². The van der Waals surface area contributed by atoms with Crippen molar-refractivity contribution < 1.29 is 27.4 Å². The predicted octanol–water partition coefficient (Wildman–Crippen LogP) is 3.77. The van der Waals surface area contributed by atoms with E-state index >= 15 is 0 Å². The molecule has 24 heavy (non-hydrogen) atoms. The van der Waals surface area contributed by atoms with Gasteiger partial charge in [-0.15, -0.1) is 0 Å². The number of carbonyl (C=O) groups is 1. The van der Waals surface area contributed by atoms with Crippen molar-refractivity contribution in [3.63, 3.8) is 0 Å². The predicted molar refractivity (Wildman–Crippen MR) is 80.1 cm³/mol. The Morgan fingerprint density at radius 3 is 2.54 bits per heavy atom. The van der Waals surface area contributed by atoms with Gasteiger partial charge in [-0.2, -0.15) is 8.78 Å². The molecular weight excluding hydrogens is 323 g/mol. The van der Waals surface area contributed by atoms with Crippen LogP contribution in [0.1, 0.15) is 11.1 Å². The second-order valence-corrected chi connectivity index (χ2v) is 4.73. The van der Waals surface area contributed by atoms with Crippen molar-refractivity contribution in [3.05, 3.63) is 71.2 Å². The highest BCUT2D eigenvalue weighted by molar-refractivity contribution is 6.13. The normalized spacial score (nSPS) is 15.6. The van der Waals surface area contributed by atoms with Crippen LogP contribution in [-0.4, -0.2) is 18.5 Å². The monoisotopic (exact) mass is 333 g/mol. The molecule has 1 heterocycles. The molecule has 0 aliphatic carbocycles. The SMILES string of the molecule is O=C1OC(c2ccccc2OC(F)F)=NC1=Cc1ccccc1F. The fourth-order valence-corrected chi connectivity index (χ4v) is 2.11. The average Bonchev–Trinajstić information content (AvgIpc) is 2.90. The summed E-state index contributed by atoms with van der Waals surface area (Å²) >= 11 is 0. The first-order valence-electron chi connectivity index (χ1n) is 6.86. The second-order valence-electron chi connectivity index (χ2n) is 4.73. The number of esters is 1. The highest BCUT2D eigenvalue weighted by atomic mass is 19.3. The first-order valence-corrected chi connectivity index (χ1v) is 6.86. The lowest BCUT2D eigenvalue weighted by molar-refractivity contribution is -0.129. The molecule has 0 bridgehead atoms. The standard InChI is InChI=1S/C17H10F3NO3/c18-12-7-3-1-5-10(12)9-13-16(22)24-15(21-13)11-6-2-4-8-14(11)23-17(19)20/h1-9,17H. The fraction of sp³-hybridized carbons (Fsp3) is 0.0588. The molecule has 122 valence electrons. The maximum atomic E-state index is 13.6. The molecule has 4 nitrogen and oxygen atoms in total. The summed E-state index contributed by atoms with van der Waals surface area (Å²) in [5.41, 5.74) is 0.122. The number of alkyl halides is 2. The van der Waals surface area contributed by atoms with Crippen LogP contribution in [0.2, 0.25) is 0 Å². The average molecular weight is 333 g/mol. The lowest BCUT2D eigenvalue weighted by atomic mass is 10.2. The van der Waals surface area contributed by atoms with E-state index in [1.165, 1.54) is 42.5 Å². The minimum Gasteiger partial charge on any atom is -0.434 e. The van der Waals surface area contributed by atoms with Gasteiger partial charge in [-0.3, -0.25) is 0 Å². The van der Waals surface area contributed by atoms with Crippen molar-refractivity contribution in [1.29, 1.82) is 0 Å². The third-order valence-corrected chi connectivity index (χ3v) is 3.15. The van der Waals surface area contributed by atoms with E-state index < -0.39 is 18.4 Å². The Morgan fingerprint density at radius 1 is 1.08 bits per heavy atom. The van der Waals surface area contributed by atoms with E-state index in [2.05, 4.69) is 9.73 Å². The van der Waals surface area contributed by atoms with Gasteiger partial charge >= 0.3 is 12.6 Å². The molecule has 7 heteroatoms. The van der Waals surface area contributed by atoms with Crippen molar-refractivity contribution in [2.75, 3.05) is 0 Å². The summed E-state index contributed by atoms with van der Waals surface area (Å²) in [6, 6.07) is 11.6. The van der Waals surface area contributed by atoms with E-state index in [9.17, 15) is 18.0 Å². The van der Waals surface area contributed by atoms with Crippen LogP contribution in [0.25, 0.3) is 6.08 Å². The summed E-state index contributed by atoms with van der Waals surface area (Å²) in [5, 5.41) is 0. The molecule has 0 fully saturated rings. The van der Waals surface area contributed by atoms with Crippen LogP contribution in [0.5, 0.6) is 5.75 Å². The number of aliphatic imine (C=N–C) groups is 1. The minimum atomic E-state index is -3.03. The molecule has 0 amide bonds. The zero-order chi connectivity index (χ0) is 17.1. The highest BCUT2D eigenvalue weighted by Gasteiger charge is 2.27. The minimum absolute atomic E-state index is 0.100. The van der Waals surface area contributed by atoms with E-state index in [-0.39, 0.29) is 28.5 Å². The molecule has 0 aromatic heterocycles. The van der Waals surface area contributed by atoms with Crippen LogP contribution in [0.4, 0.5) is 13.2 Å². The molecule has 0 N–H and O–H groups in total. The highest BCUT2D eigenvalue weighted by Crippen LogP contribution is 2.26. The van der Waals surface area contributed by atoms with Crippen molar-refractivity contribution in [1.82, 2.24) is 0 Å². The van der Waals surface area contributed by atoms with Gasteiger partial charge in [0.2, 0.25) is 5.90 Å². The van der Waals surface area contributed by atoms with Crippen LogP contribution < -0.4 is 4.74 Å². The number of hydrogen-bond acceptors (Lipinski definition) is 4. The molecule has 0 spiro atoms. The maximum absolute atomic E-state index is 13.6. The Morgan fingerprint density at radius 2 is 1.79 bits per heavy atom. The summed E-state index contributed by atoms with van der Waals surface area (Å²) in [4.78, 5) is 15.8. The Hall–Kier alpha value is -3.09. The molecule has 0 saturated carbocycles. The largest absolute Gasteiger partial charge is 0.434 e. The lowest BCUT2D eigenvalue weighted by Gasteiger charge is -2.08. The molecule has 3 rings (SSSR count). The Balaban J connectivity index is 1.97. The fourth-order valence-electron chi connectivity index (χ4n) is 2.11. The number of cyclic esters (lactones) is 1. The first kappa shape index (κ1) is 15.8. The number of nitrogens with zero attached hydrogens (tertiary/aromatic N) is 1. The third kappa shape index (κ3) is 3.29. The van der Waals surface area contributed by atoms with Crippen LogP contribution in [-0.2, 0) is 9.53 Å². The zero-order valence-corrected chi connectivity index (χ0v) is 12.1. The van der Waals surface area contributed by atoms with Crippen molar-refractivity contribution in [3.8, 4) is 5.75 Å². The number of carbonyl (C=O) groups excluding carboxylic acids is 1.